The molecule has 2 aromatic carbocycles. The summed E-state index contributed by atoms with van der Waals surface area (Å²) in [5.74, 6) is -0.178. The Balaban J connectivity index is 1.50. The van der Waals surface area contributed by atoms with Crippen molar-refractivity contribution in [1.29, 1.82) is 0 Å². The SMILES string of the molecule is Cc1ccc(C(=O)COC(=O)COc2ccc3ccccc3c2)s1. The molecular weight excluding hydrogens is 324 g/mol. The zero-order valence-corrected chi connectivity index (χ0v) is 14.0. The van der Waals surface area contributed by atoms with Gasteiger partial charge in [-0.15, -0.1) is 11.3 Å². The Morgan fingerprint density at radius 1 is 0.958 bits per heavy atom. The third kappa shape index (κ3) is 4.00. The van der Waals surface area contributed by atoms with E-state index < -0.39 is 5.97 Å². The number of fused-ring (bicyclic) bond motifs is 1. The van der Waals surface area contributed by atoms with Crippen LogP contribution < -0.4 is 4.74 Å². The molecule has 4 nitrogen and oxygen atoms in total. The molecule has 0 radical (unpaired) electrons. The largest absolute Gasteiger partial charge is 0.482 e. The number of carbonyl (C=O) groups is 2. The molecule has 0 aliphatic rings. The maximum Gasteiger partial charge on any atom is 0.344 e. The Hall–Kier alpha value is -2.66. The van der Waals surface area contributed by atoms with Gasteiger partial charge in [-0.25, -0.2) is 4.79 Å². The number of aryl methyl sites for hydroxylation is 1. The standard InChI is InChI=1S/C19H16O4S/c1-13-6-9-18(24-13)17(20)11-23-19(21)12-22-16-8-7-14-4-2-3-5-15(14)10-16/h2-10H,11-12H2,1H3. The van der Waals surface area contributed by atoms with Gasteiger partial charge in [0, 0.05) is 4.88 Å². The van der Waals surface area contributed by atoms with Gasteiger partial charge in [0.05, 0.1) is 4.88 Å². The molecule has 1 aromatic heterocycles. The van der Waals surface area contributed by atoms with Crippen LogP contribution in [-0.2, 0) is 9.53 Å². The monoisotopic (exact) mass is 340 g/mol. The molecule has 24 heavy (non-hydrogen) atoms. The predicted molar refractivity (Wildman–Crippen MR) is 93.8 cm³/mol. The molecule has 0 N–H and O–H groups in total. The topological polar surface area (TPSA) is 52.6 Å². The molecule has 0 aliphatic carbocycles. The van der Waals surface area contributed by atoms with Crippen LogP contribution in [0.5, 0.6) is 5.75 Å². The summed E-state index contributed by atoms with van der Waals surface area (Å²) in [6, 6.07) is 17.1. The summed E-state index contributed by atoms with van der Waals surface area (Å²) in [7, 11) is 0. The second-order valence-electron chi connectivity index (χ2n) is 5.29. The van der Waals surface area contributed by atoms with Gasteiger partial charge < -0.3 is 9.47 Å². The summed E-state index contributed by atoms with van der Waals surface area (Å²) in [5, 5.41) is 2.14. The summed E-state index contributed by atoms with van der Waals surface area (Å²) in [4.78, 5) is 25.2. The number of benzene rings is 2. The molecule has 0 bridgehead atoms. The average Bonchev–Trinajstić information content (AvgIpc) is 3.04. The first-order valence-corrected chi connectivity index (χ1v) is 8.30. The first-order chi connectivity index (χ1) is 11.6. The molecule has 0 amide bonds. The Morgan fingerprint density at radius 2 is 1.75 bits per heavy atom. The molecule has 5 heteroatoms. The summed E-state index contributed by atoms with van der Waals surface area (Å²) < 4.78 is 10.4. The molecule has 0 unspecified atom stereocenters. The number of ether oxygens (including phenoxy) is 2. The van der Waals surface area contributed by atoms with Crippen LogP contribution in [0, 0.1) is 6.92 Å². The van der Waals surface area contributed by atoms with Crippen molar-refractivity contribution in [2.45, 2.75) is 6.92 Å². The summed E-state index contributed by atoms with van der Waals surface area (Å²) >= 11 is 1.39. The van der Waals surface area contributed by atoms with Crippen LogP contribution in [0.1, 0.15) is 14.5 Å². The van der Waals surface area contributed by atoms with Crippen LogP contribution in [0.4, 0.5) is 0 Å². The molecule has 0 atom stereocenters. The van der Waals surface area contributed by atoms with Crippen LogP contribution in [0.3, 0.4) is 0 Å². The molecule has 3 rings (SSSR count). The van der Waals surface area contributed by atoms with E-state index in [0.29, 0.717) is 10.6 Å². The molecule has 0 saturated heterocycles. The van der Waals surface area contributed by atoms with Crippen LogP contribution in [0.15, 0.2) is 54.6 Å². The fraction of sp³-hybridized carbons (Fsp3) is 0.158. The van der Waals surface area contributed by atoms with E-state index in [4.69, 9.17) is 9.47 Å². The first-order valence-electron chi connectivity index (χ1n) is 7.49. The van der Waals surface area contributed by atoms with Crippen molar-refractivity contribution in [3.05, 3.63) is 64.4 Å². The number of hydrogen-bond donors (Lipinski definition) is 0. The lowest BCUT2D eigenvalue weighted by Gasteiger charge is -2.07. The van der Waals surface area contributed by atoms with Crippen LogP contribution in [-0.4, -0.2) is 25.0 Å². The van der Waals surface area contributed by atoms with E-state index in [1.807, 2.05) is 49.4 Å². The van der Waals surface area contributed by atoms with Crippen LogP contribution in [0.25, 0.3) is 10.8 Å². The predicted octanol–water partition coefficient (Wildman–Crippen LogP) is 4.01. The van der Waals surface area contributed by atoms with Crippen LogP contribution >= 0.6 is 11.3 Å². The quantitative estimate of drug-likeness (QED) is 0.502. The summed E-state index contributed by atoms with van der Waals surface area (Å²) in [6.07, 6.45) is 0. The number of ketones is 1. The minimum Gasteiger partial charge on any atom is -0.482 e. The third-order valence-corrected chi connectivity index (χ3v) is 4.50. The Kier molecular flexibility index (Phi) is 4.91. The number of thiophene rings is 1. The van der Waals surface area contributed by atoms with E-state index in [1.165, 1.54) is 11.3 Å². The fourth-order valence-electron chi connectivity index (χ4n) is 2.24. The molecular formula is C19H16O4S. The minimum atomic E-state index is -0.565. The van der Waals surface area contributed by atoms with E-state index >= 15 is 0 Å². The van der Waals surface area contributed by atoms with Crippen molar-refractivity contribution in [1.82, 2.24) is 0 Å². The highest BCUT2D eigenvalue weighted by atomic mass is 32.1. The van der Waals surface area contributed by atoms with Gasteiger partial charge in [0.25, 0.3) is 0 Å². The first kappa shape index (κ1) is 16.2. The minimum absolute atomic E-state index is 0.202. The Labute approximate surface area is 143 Å². The van der Waals surface area contributed by atoms with Gasteiger partial charge in [0.1, 0.15) is 5.75 Å². The number of carbonyl (C=O) groups excluding carboxylic acids is 2. The maximum atomic E-state index is 11.9. The second-order valence-corrected chi connectivity index (χ2v) is 6.58. The lowest BCUT2D eigenvalue weighted by atomic mass is 10.1. The van der Waals surface area contributed by atoms with Gasteiger partial charge in [-0.2, -0.15) is 0 Å². The van der Waals surface area contributed by atoms with E-state index in [-0.39, 0.29) is 19.0 Å². The van der Waals surface area contributed by atoms with Crippen LogP contribution in [0.2, 0.25) is 0 Å². The fourth-order valence-corrected chi connectivity index (χ4v) is 3.03. The van der Waals surface area contributed by atoms with E-state index in [1.54, 1.807) is 12.1 Å². The molecule has 0 aliphatic heterocycles. The Bertz CT molecular complexity index is 882. The molecule has 0 spiro atoms. The number of hydrogen-bond acceptors (Lipinski definition) is 5. The van der Waals surface area contributed by atoms with Gasteiger partial charge in [-0.05, 0) is 42.0 Å². The van der Waals surface area contributed by atoms with E-state index in [2.05, 4.69) is 0 Å². The van der Waals surface area contributed by atoms with E-state index in [9.17, 15) is 9.59 Å². The summed E-state index contributed by atoms with van der Waals surface area (Å²) in [6.45, 7) is 1.43. The van der Waals surface area contributed by atoms with Crippen molar-refractivity contribution in [2.24, 2.45) is 0 Å². The van der Waals surface area contributed by atoms with E-state index in [0.717, 1.165) is 15.6 Å². The van der Waals surface area contributed by atoms with Gasteiger partial charge in [-0.1, -0.05) is 30.3 Å². The maximum absolute atomic E-state index is 11.9. The number of esters is 1. The van der Waals surface area contributed by atoms with Gasteiger partial charge in [0.15, 0.2) is 13.2 Å². The molecule has 0 saturated carbocycles. The lowest BCUT2D eigenvalue weighted by molar-refractivity contribution is -0.144. The highest BCUT2D eigenvalue weighted by Gasteiger charge is 2.12. The van der Waals surface area contributed by atoms with Crippen molar-refractivity contribution in [3.8, 4) is 5.75 Å². The Morgan fingerprint density at radius 3 is 2.50 bits per heavy atom. The van der Waals surface area contributed by atoms with Gasteiger partial charge >= 0.3 is 5.97 Å². The molecule has 3 aromatic rings. The van der Waals surface area contributed by atoms with Crippen molar-refractivity contribution < 1.29 is 19.1 Å². The highest BCUT2D eigenvalue weighted by Crippen LogP contribution is 2.20. The third-order valence-electron chi connectivity index (χ3n) is 3.46. The molecule has 0 fully saturated rings. The molecule has 122 valence electrons. The van der Waals surface area contributed by atoms with Crippen molar-refractivity contribution in [2.75, 3.05) is 13.2 Å². The number of Topliss-reactive ketones (excluding diaryl/α,β-unsaturated/α-hetero) is 1. The smallest absolute Gasteiger partial charge is 0.344 e. The average molecular weight is 340 g/mol. The summed E-state index contributed by atoms with van der Waals surface area (Å²) in [5.41, 5.74) is 0. The zero-order valence-electron chi connectivity index (χ0n) is 13.2. The second kappa shape index (κ2) is 7.27. The van der Waals surface area contributed by atoms with Gasteiger partial charge in [-0.3, -0.25) is 4.79 Å². The highest BCUT2D eigenvalue weighted by molar-refractivity contribution is 7.14. The number of rotatable bonds is 6. The zero-order chi connectivity index (χ0) is 16.9. The lowest BCUT2D eigenvalue weighted by Crippen LogP contribution is -2.19. The van der Waals surface area contributed by atoms with Crippen molar-refractivity contribution in [3.63, 3.8) is 0 Å². The van der Waals surface area contributed by atoms with Crippen molar-refractivity contribution >= 4 is 33.9 Å². The van der Waals surface area contributed by atoms with Gasteiger partial charge in [0.2, 0.25) is 5.78 Å². The molecule has 1 heterocycles. The normalized spacial score (nSPS) is 10.5.